The van der Waals surface area contributed by atoms with E-state index in [1.165, 1.54) is 14.2 Å². The lowest BCUT2D eigenvalue weighted by Gasteiger charge is -2.22. The van der Waals surface area contributed by atoms with Crippen LogP contribution in [0.3, 0.4) is 0 Å². The topological polar surface area (TPSA) is 96.4 Å². The average molecular weight is 528 g/mol. The van der Waals surface area contributed by atoms with Gasteiger partial charge < -0.3 is 19.8 Å². The zero-order valence-corrected chi connectivity index (χ0v) is 21.7. The molecule has 6 rings (SSSR count). The number of nitrogens with zero attached hydrogens (tertiary/aromatic N) is 4. The Morgan fingerprint density at radius 2 is 1.95 bits per heavy atom. The number of fused-ring (bicyclic) bond motifs is 3. The summed E-state index contributed by atoms with van der Waals surface area (Å²) < 4.78 is 6.60. The van der Waals surface area contributed by atoms with Gasteiger partial charge in [0.1, 0.15) is 5.01 Å². The number of hydrogen-bond donors (Lipinski definition) is 1. The molecule has 10 heteroatoms. The van der Waals surface area contributed by atoms with Gasteiger partial charge in [-0.05, 0) is 55.3 Å². The molecule has 3 aromatic carbocycles. The van der Waals surface area contributed by atoms with Gasteiger partial charge in [0.05, 0.1) is 41.7 Å². The van der Waals surface area contributed by atoms with Gasteiger partial charge >= 0.3 is 6.03 Å². The van der Waals surface area contributed by atoms with E-state index in [0.717, 1.165) is 38.7 Å². The van der Waals surface area contributed by atoms with Crippen LogP contribution in [0.15, 0.2) is 65.7 Å². The van der Waals surface area contributed by atoms with Crippen LogP contribution in [0.5, 0.6) is 11.5 Å². The first-order valence-electron chi connectivity index (χ1n) is 12.3. The van der Waals surface area contributed by atoms with Crippen molar-refractivity contribution in [2.45, 2.75) is 18.9 Å². The second kappa shape index (κ2) is 9.79. The van der Waals surface area contributed by atoms with Crippen molar-refractivity contribution in [2.24, 2.45) is 4.99 Å². The number of hydrogen-bond acceptors (Lipinski definition) is 7. The lowest BCUT2D eigenvalue weighted by Crippen LogP contribution is -2.35. The van der Waals surface area contributed by atoms with E-state index in [1.807, 2.05) is 53.4 Å². The molecule has 0 radical (unpaired) electrons. The fourth-order valence-corrected chi connectivity index (χ4v) is 5.63. The van der Waals surface area contributed by atoms with Gasteiger partial charge in [-0.15, -0.1) is 11.3 Å². The number of hydroxylamine groups is 2. The van der Waals surface area contributed by atoms with Crippen molar-refractivity contribution in [1.82, 2.24) is 14.9 Å². The number of amides is 3. The molecule has 0 aliphatic carbocycles. The number of aromatic nitrogens is 1. The Morgan fingerprint density at radius 3 is 2.74 bits per heavy atom. The van der Waals surface area contributed by atoms with Crippen LogP contribution in [0.2, 0.25) is 0 Å². The van der Waals surface area contributed by atoms with Crippen LogP contribution in [0.1, 0.15) is 23.2 Å². The smallest absolute Gasteiger partial charge is 0.354 e. The highest BCUT2D eigenvalue weighted by atomic mass is 32.1. The van der Waals surface area contributed by atoms with Gasteiger partial charge in [0, 0.05) is 30.1 Å². The predicted octanol–water partition coefficient (Wildman–Crippen LogP) is 5.75. The van der Waals surface area contributed by atoms with Gasteiger partial charge in [-0.25, -0.2) is 9.78 Å². The number of methoxy groups -OCH3 is 1. The number of ether oxygens (including phenoxy) is 1. The maximum Gasteiger partial charge on any atom is 0.354 e. The summed E-state index contributed by atoms with van der Waals surface area (Å²) in [5, 5.41) is 4.82. The minimum absolute atomic E-state index is 0.000224. The lowest BCUT2D eigenvalue weighted by molar-refractivity contribution is 0.0163. The van der Waals surface area contributed by atoms with Crippen LogP contribution in [0.25, 0.3) is 20.8 Å². The number of rotatable bonds is 5. The van der Waals surface area contributed by atoms with Crippen LogP contribution in [0, 0.1) is 0 Å². The van der Waals surface area contributed by atoms with E-state index in [-0.39, 0.29) is 17.7 Å². The molecular weight excluding hydrogens is 502 g/mol. The van der Waals surface area contributed by atoms with Crippen molar-refractivity contribution in [3.63, 3.8) is 0 Å². The third-order valence-corrected chi connectivity index (χ3v) is 7.74. The molecule has 1 aromatic heterocycles. The van der Waals surface area contributed by atoms with Crippen LogP contribution in [0.4, 0.5) is 16.2 Å². The lowest BCUT2D eigenvalue weighted by atomic mass is 10.1. The number of aliphatic imine (C=N–C) groups is 1. The monoisotopic (exact) mass is 527 g/mol. The third kappa shape index (κ3) is 4.43. The fourth-order valence-electron chi connectivity index (χ4n) is 4.66. The number of benzene rings is 3. The molecule has 1 fully saturated rings. The normalized spacial score (nSPS) is 16.1. The van der Waals surface area contributed by atoms with E-state index in [2.05, 4.69) is 15.3 Å². The highest BCUT2D eigenvalue weighted by molar-refractivity contribution is 7.21. The minimum atomic E-state index is -0.477. The zero-order chi connectivity index (χ0) is 26.2. The van der Waals surface area contributed by atoms with Crippen molar-refractivity contribution < 1.29 is 19.2 Å². The maximum atomic E-state index is 13.1. The number of carbonyl (C=O) groups excluding carboxylic acids is 2. The van der Waals surface area contributed by atoms with Gasteiger partial charge in [-0.3, -0.25) is 9.79 Å². The van der Waals surface area contributed by atoms with Gasteiger partial charge in [0.15, 0.2) is 11.5 Å². The quantitative estimate of drug-likeness (QED) is 0.334. The van der Waals surface area contributed by atoms with Crippen LogP contribution in [-0.2, 0) is 0 Å². The Hall–Kier alpha value is -4.44. The van der Waals surface area contributed by atoms with Crippen molar-refractivity contribution >= 4 is 51.1 Å². The standard InChI is InChI=1S/C28H25N5O4S/c1-32(28(35)30-18-11-9-17(10-12-18)26-31-21-7-3-4-8-25(21)38-26)37-24-15-22-20(14-23(24)36-2)27(34)33-13-5-6-19(33)16-29-22/h3-4,7-12,14-16,19H,5-6,13H2,1-2H3,(H,30,35). The van der Waals surface area contributed by atoms with E-state index >= 15 is 0 Å². The Labute approximate surface area is 223 Å². The third-order valence-electron chi connectivity index (χ3n) is 6.66. The number of para-hydroxylation sites is 1. The molecule has 1 atom stereocenters. The molecule has 2 aliphatic rings. The van der Waals surface area contributed by atoms with Crippen molar-refractivity contribution in [1.29, 1.82) is 0 Å². The zero-order valence-electron chi connectivity index (χ0n) is 20.9. The fraction of sp³-hybridized carbons (Fsp3) is 0.214. The van der Waals surface area contributed by atoms with E-state index in [1.54, 1.807) is 29.7 Å². The maximum absolute atomic E-state index is 13.1. The molecule has 0 saturated carbocycles. The Bertz CT molecular complexity index is 1530. The largest absolute Gasteiger partial charge is 0.493 e. The summed E-state index contributed by atoms with van der Waals surface area (Å²) in [6, 6.07) is 18.3. The molecule has 192 valence electrons. The average Bonchev–Trinajstić information content (AvgIpc) is 3.56. The Morgan fingerprint density at radius 1 is 1.13 bits per heavy atom. The molecule has 1 N–H and O–H groups in total. The van der Waals surface area contributed by atoms with Gasteiger partial charge in [-0.1, -0.05) is 12.1 Å². The predicted molar refractivity (Wildman–Crippen MR) is 148 cm³/mol. The molecule has 0 bridgehead atoms. The van der Waals surface area contributed by atoms with E-state index in [0.29, 0.717) is 29.2 Å². The number of thiazole rings is 1. The van der Waals surface area contributed by atoms with E-state index < -0.39 is 6.03 Å². The van der Waals surface area contributed by atoms with Crippen LogP contribution in [-0.4, -0.2) is 59.8 Å². The summed E-state index contributed by atoms with van der Waals surface area (Å²) in [7, 11) is 2.99. The number of carbonyl (C=O) groups is 2. The molecule has 0 spiro atoms. The van der Waals surface area contributed by atoms with Gasteiger partial charge in [0.25, 0.3) is 5.91 Å². The summed E-state index contributed by atoms with van der Waals surface area (Å²) in [5.41, 5.74) is 3.49. The van der Waals surface area contributed by atoms with Crippen molar-refractivity contribution in [3.8, 4) is 22.1 Å². The first-order valence-corrected chi connectivity index (χ1v) is 13.1. The highest BCUT2D eigenvalue weighted by Gasteiger charge is 2.32. The molecule has 3 amide bonds. The first-order chi connectivity index (χ1) is 18.5. The van der Waals surface area contributed by atoms with E-state index in [9.17, 15) is 9.59 Å². The minimum Gasteiger partial charge on any atom is -0.493 e. The second-order valence-electron chi connectivity index (χ2n) is 9.09. The summed E-state index contributed by atoms with van der Waals surface area (Å²) in [5.74, 6) is 0.539. The van der Waals surface area contributed by atoms with Crippen LogP contribution < -0.4 is 14.9 Å². The van der Waals surface area contributed by atoms with Crippen molar-refractivity contribution in [2.75, 3.05) is 26.0 Å². The highest BCUT2D eigenvalue weighted by Crippen LogP contribution is 2.38. The second-order valence-corrected chi connectivity index (χ2v) is 10.1. The summed E-state index contributed by atoms with van der Waals surface area (Å²) in [6.45, 7) is 0.708. The summed E-state index contributed by atoms with van der Waals surface area (Å²) in [4.78, 5) is 42.8. The molecular formula is C28H25N5O4S. The summed E-state index contributed by atoms with van der Waals surface area (Å²) >= 11 is 1.62. The van der Waals surface area contributed by atoms with E-state index in [4.69, 9.17) is 9.57 Å². The molecule has 3 heterocycles. The van der Waals surface area contributed by atoms with Crippen molar-refractivity contribution in [3.05, 3.63) is 66.2 Å². The Balaban J connectivity index is 1.16. The molecule has 9 nitrogen and oxygen atoms in total. The Kier molecular flexibility index (Phi) is 6.16. The molecule has 1 unspecified atom stereocenters. The molecule has 4 aromatic rings. The van der Waals surface area contributed by atoms with Gasteiger partial charge in [-0.2, -0.15) is 5.06 Å². The SMILES string of the molecule is COc1cc2c(cc1ON(C)C(=O)Nc1ccc(-c3nc4ccccc4s3)cc1)N=CC1CCCN1C2=O. The molecule has 1 saturated heterocycles. The molecule has 38 heavy (non-hydrogen) atoms. The van der Waals surface area contributed by atoms with Crippen LogP contribution >= 0.6 is 11.3 Å². The van der Waals surface area contributed by atoms with Gasteiger partial charge in [0.2, 0.25) is 0 Å². The molecule has 2 aliphatic heterocycles. The first kappa shape index (κ1) is 23.9. The number of urea groups is 1. The number of anilines is 1. The number of nitrogens with one attached hydrogen (secondary N) is 1. The summed E-state index contributed by atoms with van der Waals surface area (Å²) in [6.07, 6.45) is 3.66.